The first-order valence-corrected chi connectivity index (χ1v) is 9.31. The van der Waals surface area contributed by atoms with E-state index in [1.54, 1.807) is 0 Å². The average Bonchev–Trinajstić information content (AvgIpc) is 2.69. The highest BCUT2D eigenvalue weighted by Gasteiger charge is 2.16. The van der Waals surface area contributed by atoms with E-state index in [0.29, 0.717) is 6.42 Å². The molecule has 0 atom stereocenters. The van der Waals surface area contributed by atoms with E-state index in [2.05, 4.69) is 51.5 Å². The van der Waals surface area contributed by atoms with Crippen LogP contribution in [0.4, 0.5) is 5.69 Å². The molecule has 0 aromatic heterocycles. The molecule has 1 heterocycles. The molecule has 2 aromatic carbocycles. The predicted molar refractivity (Wildman–Crippen MR) is 108 cm³/mol. The molecule has 4 heteroatoms. The lowest BCUT2D eigenvalue weighted by Crippen LogP contribution is -2.46. The third-order valence-corrected chi connectivity index (χ3v) is 4.65. The van der Waals surface area contributed by atoms with E-state index in [-0.39, 0.29) is 5.91 Å². The molecule has 1 saturated heterocycles. The van der Waals surface area contributed by atoms with Gasteiger partial charge >= 0.3 is 0 Å². The summed E-state index contributed by atoms with van der Waals surface area (Å²) in [6.45, 7) is 5.97. The molecule has 0 saturated carbocycles. The minimum Gasteiger partial charge on any atom is -0.326 e. The van der Waals surface area contributed by atoms with Crippen LogP contribution < -0.4 is 5.32 Å². The first-order chi connectivity index (χ1) is 12.8. The van der Waals surface area contributed by atoms with Crippen LogP contribution >= 0.6 is 0 Å². The van der Waals surface area contributed by atoms with Gasteiger partial charge in [0.25, 0.3) is 0 Å². The normalized spacial score (nSPS) is 16.0. The van der Waals surface area contributed by atoms with E-state index in [0.717, 1.165) is 45.0 Å². The fraction of sp³-hybridized carbons (Fsp3) is 0.318. The summed E-state index contributed by atoms with van der Waals surface area (Å²) in [6, 6.07) is 20.0. The molecular weight excluding hydrogens is 322 g/mol. The SMILES string of the molecule is O=C(CCN1CCN(CC=Cc2ccccc2)CC1)Nc1ccccc1. The number of rotatable bonds is 7. The van der Waals surface area contributed by atoms with Gasteiger partial charge in [-0.15, -0.1) is 0 Å². The molecule has 3 rings (SSSR count). The summed E-state index contributed by atoms with van der Waals surface area (Å²) in [7, 11) is 0. The van der Waals surface area contributed by atoms with Crippen LogP contribution in [0.1, 0.15) is 12.0 Å². The van der Waals surface area contributed by atoms with Crippen LogP contribution in [0, 0.1) is 0 Å². The summed E-state index contributed by atoms with van der Waals surface area (Å²) in [5.74, 6) is 0.0874. The third kappa shape index (κ3) is 6.14. The van der Waals surface area contributed by atoms with Gasteiger partial charge in [0.05, 0.1) is 0 Å². The first-order valence-electron chi connectivity index (χ1n) is 9.31. The Hall–Kier alpha value is -2.43. The van der Waals surface area contributed by atoms with Gasteiger partial charge in [0, 0.05) is 51.4 Å². The quantitative estimate of drug-likeness (QED) is 0.833. The topological polar surface area (TPSA) is 35.6 Å². The van der Waals surface area contributed by atoms with Crippen molar-refractivity contribution in [1.29, 1.82) is 0 Å². The highest BCUT2D eigenvalue weighted by Crippen LogP contribution is 2.07. The van der Waals surface area contributed by atoms with Gasteiger partial charge in [-0.25, -0.2) is 0 Å². The van der Waals surface area contributed by atoms with Crippen molar-refractivity contribution in [2.75, 3.05) is 44.6 Å². The maximum Gasteiger partial charge on any atom is 0.225 e. The number of carbonyl (C=O) groups is 1. The number of benzene rings is 2. The van der Waals surface area contributed by atoms with E-state index < -0.39 is 0 Å². The number of para-hydroxylation sites is 1. The maximum atomic E-state index is 12.0. The lowest BCUT2D eigenvalue weighted by Gasteiger charge is -2.34. The molecule has 0 bridgehead atoms. The van der Waals surface area contributed by atoms with Crippen molar-refractivity contribution in [3.8, 4) is 0 Å². The zero-order valence-corrected chi connectivity index (χ0v) is 15.2. The number of hydrogen-bond acceptors (Lipinski definition) is 3. The van der Waals surface area contributed by atoms with Gasteiger partial charge in [-0.3, -0.25) is 9.69 Å². The van der Waals surface area contributed by atoms with Crippen molar-refractivity contribution in [2.45, 2.75) is 6.42 Å². The van der Waals surface area contributed by atoms with Crippen molar-refractivity contribution in [3.05, 3.63) is 72.3 Å². The van der Waals surface area contributed by atoms with Crippen molar-refractivity contribution in [3.63, 3.8) is 0 Å². The molecule has 4 nitrogen and oxygen atoms in total. The molecule has 1 aliphatic heterocycles. The molecule has 0 spiro atoms. The lowest BCUT2D eigenvalue weighted by molar-refractivity contribution is -0.116. The molecule has 0 radical (unpaired) electrons. The fourth-order valence-electron chi connectivity index (χ4n) is 3.10. The maximum absolute atomic E-state index is 12.0. The van der Waals surface area contributed by atoms with Gasteiger partial charge < -0.3 is 10.2 Å². The second-order valence-corrected chi connectivity index (χ2v) is 6.62. The molecule has 0 unspecified atom stereocenters. The molecule has 0 aliphatic carbocycles. The van der Waals surface area contributed by atoms with Gasteiger partial charge in [0.1, 0.15) is 0 Å². The van der Waals surface area contributed by atoms with Crippen LogP contribution in [0.15, 0.2) is 66.7 Å². The second kappa shape index (κ2) is 9.90. The number of nitrogens with zero attached hydrogens (tertiary/aromatic N) is 2. The Labute approximate surface area is 156 Å². The van der Waals surface area contributed by atoms with Gasteiger partial charge in [0.2, 0.25) is 5.91 Å². The van der Waals surface area contributed by atoms with E-state index >= 15 is 0 Å². The molecule has 2 aromatic rings. The number of anilines is 1. The van der Waals surface area contributed by atoms with E-state index in [4.69, 9.17) is 0 Å². The van der Waals surface area contributed by atoms with Crippen LogP contribution in [-0.2, 0) is 4.79 Å². The summed E-state index contributed by atoms with van der Waals surface area (Å²) >= 11 is 0. The smallest absolute Gasteiger partial charge is 0.225 e. The summed E-state index contributed by atoms with van der Waals surface area (Å²) in [6.07, 6.45) is 4.96. The minimum absolute atomic E-state index is 0.0874. The minimum atomic E-state index is 0.0874. The molecule has 1 aliphatic rings. The van der Waals surface area contributed by atoms with Crippen LogP contribution in [0.3, 0.4) is 0 Å². The van der Waals surface area contributed by atoms with Crippen LogP contribution in [0.5, 0.6) is 0 Å². The molecule has 1 N–H and O–H groups in total. The van der Waals surface area contributed by atoms with Gasteiger partial charge in [-0.2, -0.15) is 0 Å². The molecular formula is C22H27N3O. The number of amides is 1. The van der Waals surface area contributed by atoms with E-state index in [9.17, 15) is 4.79 Å². The van der Waals surface area contributed by atoms with Gasteiger partial charge in [-0.05, 0) is 17.7 Å². The van der Waals surface area contributed by atoms with Crippen molar-refractivity contribution in [2.24, 2.45) is 0 Å². The Morgan fingerprint density at radius 3 is 2.19 bits per heavy atom. The Balaban J connectivity index is 1.32. The van der Waals surface area contributed by atoms with Gasteiger partial charge in [0.15, 0.2) is 0 Å². The Morgan fingerprint density at radius 2 is 1.50 bits per heavy atom. The number of hydrogen-bond donors (Lipinski definition) is 1. The Bertz CT molecular complexity index is 692. The second-order valence-electron chi connectivity index (χ2n) is 6.62. The van der Waals surface area contributed by atoms with Crippen LogP contribution in [0.25, 0.3) is 6.08 Å². The standard InChI is InChI=1S/C22H27N3O/c26-22(23-21-11-5-2-6-12-21)13-15-25-18-16-24(17-19-25)14-7-10-20-8-3-1-4-9-20/h1-12H,13-19H2,(H,23,26). The number of carbonyl (C=O) groups excluding carboxylic acids is 1. The van der Waals surface area contributed by atoms with Crippen molar-refractivity contribution < 1.29 is 4.79 Å². The van der Waals surface area contributed by atoms with E-state index in [1.165, 1.54) is 5.56 Å². The first kappa shape index (κ1) is 18.4. The zero-order chi connectivity index (χ0) is 18.0. The summed E-state index contributed by atoms with van der Waals surface area (Å²) in [4.78, 5) is 16.9. The Morgan fingerprint density at radius 1 is 0.885 bits per heavy atom. The largest absolute Gasteiger partial charge is 0.326 e. The highest BCUT2D eigenvalue weighted by molar-refractivity contribution is 5.90. The molecule has 136 valence electrons. The molecule has 1 fully saturated rings. The lowest BCUT2D eigenvalue weighted by atomic mass is 10.2. The molecule has 26 heavy (non-hydrogen) atoms. The van der Waals surface area contributed by atoms with Crippen molar-refractivity contribution in [1.82, 2.24) is 9.80 Å². The summed E-state index contributed by atoms with van der Waals surface area (Å²) < 4.78 is 0. The monoisotopic (exact) mass is 349 g/mol. The highest BCUT2D eigenvalue weighted by atomic mass is 16.1. The summed E-state index contributed by atoms with van der Waals surface area (Å²) in [5, 5.41) is 2.95. The predicted octanol–water partition coefficient (Wildman–Crippen LogP) is 3.35. The fourth-order valence-corrected chi connectivity index (χ4v) is 3.10. The average molecular weight is 349 g/mol. The Kier molecular flexibility index (Phi) is 6.99. The summed E-state index contributed by atoms with van der Waals surface area (Å²) in [5.41, 5.74) is 2.11. The zero-order valence-electron chi connectivity index (χ0n) is 15.2. The number of piperazine rings is 1. The third-order valence-electron chi connectivity index (χ3n) is 4.65. The van der Waals surface area contributed by atoms with E-state index in [1.807, 2.05) is 36.4 Å². The van der Waals surface area contributed by atoms with Gasteiger partial charge in [-0.1, -0.05) is 60.7 Å². The van der Waals surface area contributed by atoms with Crippen LogP contribution in [-0.4, -0.2) is 55.0 Å². The van der Waals surface area contributed by atoms with Crippen molar-refractivity contribution >= 4 is 17.7 Å². The number of nitrogens with one attached hydrogen (secondary N) is 1. The van der Waals surface area contributed by atoms with Crippen LogP contribution in [0.2, 0.25) is 0 Å². The molecule has 1 amide bonds.